The van der Waals surface area contributed by atoms with Crippen LogP contribution in [-0.4, -0.2) is 25.7 Å². The summed E-state index contributed by atoms with van der Waals surface area (Å²) in [5.74, 6) is 0.320. The summed E-state index contributed by atoms with van der Waals surface area (Å²) in [6, 6.07) is 9.34. The highest BCUT2D eigenvalue weighted by Gasteiger charge is 2.20. The second kappa shape index (κ2) is 7.92. The smallest absolute Gasteiger partial charge is 0.239 e. The highest BCUT2D eigenvalue weighted by atomic mass is 16.5. The van der Waals surface area contributed by atoms with Crippen molar-refractivity contribution in [1.82, 2.24) is 5.32 Å². The molecule has 106 valence electrons. The van der Waals surface area contributed by atoms with E-state index in [0.717, 1.165) is 12.0 Å². The highest BCUT2D eigenvalue weighted by molar-refractivity contribution is 5.82. The van der Waals surface area contributed by atoms with E-state index in [4.69, 9.17) is 10.5 Å². The average molecular weight is 264 g/mol. The number of ether oxygens (including phenoxy) is 1. The molecule has 0 aliphatic carbocycles. The standard InChI is InChI=1S/C15H24N2O2/c1-11(2)9-14(12-7-5-4-6-8-12)17-15(18)13(16)10-19-3/h4-8,11,13-14H,9-10,16H2,1-3H3,(H,17,18). The number of hydrogen-bond acceptors (Lipinski definition) is 3. The van der Waals surface area contributed by atoms with Gasteiger partial charge in [0.15, 0.2) is 0 Å². The molecule has 0 saturated carbocycles. The Morgan fingerprint density at radius 1 is 1.32 bits per heavy atom. The van der Waals surface area contributed by atoms with E-state index in [2.05, 4.69) is 19.2 Å². The molecule has 2 atom stereocenters. The topological polar surface area (TPSA) is 64.3 Å². The van der Waals surface area contributed by atoms with Crippen LogP contribution in [-0.2, 0) is 9.53 Å². The summed E-state index contributed by atoms with van der Waals surface area (Å²) in [5, 5.41) is 3.01. The van der Waals surface area contributed by atoms with E-state index in [1.54, 1.807) is 0 Å². The zero-order valence-corrected chi connectivity index (χ0v) is 11.9. The first-order valence-electron chi connectivity index (χ1n) is 6.64. The summed E-state index contributed by atoms with van der Waals surface area (Å²) in [5.41, 5.74) is 6.85. The molecule has 0 radical (unpaired) electrons. The molecule has 0 saturated heterocycles. The van der Waals surface area contributed by atoms with Gasteiger partial charge in [0.25, 0.3) is 0 Å². The number of carbonyl (C=O) groups excluding carboxylic acids is 1. The highest BCUT2D eigenvalue weighted by Crippen LogP contribution is 2.21. The molecule has 0 heterocycles. The molecule has 0 spiro atoms. The van der Waals surface area contributed by atoms with E-state index >= 15 is 0 Å². The second-order valence-corrected chi connectivity index (χ2v) is 5.16. The molecular weight excluding hydrogens is 240 g/mol. The van der Waals surface area contributed by atoms with Crippen molar-refractivity contribution in [3.05, 3.63) is 35.9 Å². The van der Waals surface area contributed by atoms with Gasteiger partial charge < -0.3 is 15.8 Å². The number of rotatable bonds is 7. The number of amides is 1. The molecule has 0 bridgehead atoms. The lowest BCUT2D eigenvalue weighted by atomic mass is 9.97. The third kappa shape index (κ3) is 5.41. The molecule has 19 heavy (non-hydrogen) atoms. The SMILES string of the molecule is COCC(N)C(=O)NC(CC(C)C)c1ccccc1. The average Bonchev–Trinajstić information content (AvgIpc) is 2.38. The van der Waals surface area contributed by atoms with E-state index in [1.165, 1.54) is 7.11 Å². The zero-order valence-electron chi connectivity index (χ0n) is 11.9. The van der Waals surface area contributed by atoms with E-state index in [9.17, 15) is 4.79 Å². The van der Waals surface area contributed by atoms with E-state index in [-0.39, 0.29) is 18.6 Å². The van der Waals surface area contributed by atoms with Gasteiger partial charge in [0.1, 0.15) is 6.04 Å². The number of carbonyl (C=O) groups is 1. The quantitative estimate of drug-likeness (QED) is 0.790. The third-order valence-electron chi connectivity index (χ3n) is 2.91. The van der Waals surface area contributed by atoms with Crippen molar-refractivity contribution in [1.29, 1.82) is 0 Å². The van der Waals surface area contributed by atoms with E-state index in [1.807, 2.05) is 30.3 Å². The Morgan fingerprint density at radius 3 is 2.47 bits per heavy atom. The van der Waals surface area contributed by atoms with E-state index in [0.29, 0.717) is 5.92 Å². The lowest BCUT2D eigenvalue weighted by Gasteiger charge is -2.23. The van der Waals surface area contributed by atoms with Crippen LogP contribution in [0.4, 0.5) is 0 Å². The summed E-state index contributed by atoms with van der Waals surface area (Å²) in [6.07, 6.45) is 0.884. The predicted molar refractivity (Wildman–Crippen MR) is 76.6 cm³/mol. The predicted octanol–water partition coefficient (Wildman–Crippen LogP) is 1.86. The molecule has 4 heteroatoms. The van der Waals surface area contributed by atoms with E-state index < -0.39 is 6.04 Å². The Labute approximate surface area is 115 Å². The van der Waals surface area contributed by atoms with Crippen molar-refractivity contribution in [3.8, 4) is 0 Å². The van der Waals surface area contributed by atoms with Gasteiger partial charge in [0.05, 0.1) is 12.6 Å². The fraction of sp³-hybridized carbons (Fsp3) is 0.533. The Bertz CT molecular complexity index is 379. The van der Waals surface area contributed by atoms with Crippen LogP contribution in [0.3, 0.4) is 0 Å². The van der Waals surface area contributed by atoms with Crippen LogP contribution >= 0.6 is 0 Å². The van der Waals surface area contributed by atoms with Gasteiger partial charge in [-0.05, 0) is 17.9 Å². The Hall–Kier alpha value is -1.39. The fourth-order valence-electron chi connectivity index (χ4n) is 1.97. The van der Waals surface area contributed by atoms with Gasteiger partial charge >= 0.3 is 0 Å². The summed E-state index contributed by atoms with van der Waals surface area (Å²) in [6.45, 7) is 4.50. The summed E-state index contributed by atoms with van der Waals surface area (Å²) in [4.78, 5) is 12.0. The minimum absolute atomic E-state index is 0.00314. The monoisotopic (exact) mass is 264 g/mol. The lowest BCUT2D eigenvalue weighted by Crippen LogP contribution is -2.45. The van der Waals surface area contributed by atoms with Crippen LogP contribution in [0.1, 0.15) is 31.9 Å². The molecule has 0 fully saturated rings. The zero-order chi connectivity index (χ0) is 14.3. The maximum atomic E-state index is 12.0. The van der Waals surface area contributed by atoms with Gasteiger partial charge in [-0.15, -0.1) is 0 Å². The first kappa shape index (κ1) is 15.7. The Kier molecular flexibility index (Phi) is 6.53. The molecular formula is C15H24N2O2. The molecule has 1 aromatic carbocycles. The van der Waals surface area contributed by atoms with Gasteiger partial charge in [0.2, 0.25) is 5.91 Å². The first-order chi connectivity index (χ1) is 9.04. The molecule has 3 N–H and O–H groups in total. The molecule has 2 unspecified atom stereocenters. The number of nitrogens with one attached hydrogen (secondary N) is 1. The minimum atomic E-state index is -0.622. The van der Waals surface area contributed by atoms with Gasteiger partial charge in [-0.3, -0.25) is 4.79 Å². The van der Waals surface area contributed by atoms with Crippen molar-refractivity contribution < 1.29 is 9.53 Å². The number of hydrogen-bond donors (Lipinski definition) is 2. The maximum absolute atomic E-state index is 12.0. The normalized spacial score (nSPS) is 14.2. The van der Waals surface area contributed by atoms with Crippen LogP contribution in [0.5, 0.6) is 0 Å². The number of benzene rings is 1. The fourth-order valence-corrected chi connectivity index (χ4v) is 1.97. The van der Waals surface area contributed by atoms with Gasteiger partial charge in [-0.2, -0.15) is 0 Å². The number of nitrogens with two attached hydrogens (primary N) is 1. The molecule has 1 aromatic rings. The van der Waals surface area contributed by atoms with Gasteiger partial charge in [-0.25, -0.2) is 0 Å². The van der Waals surface area contributed by atoms with Crippen LogP contribution in [0.25, 0.3) is 0 Å². The van der Waals surface area contributed by atoms with Crippen LogP contribution in [0.15, 0.2) is 30.3 Å². The van der Waals surface area contributed by atoms with Crippen molar-refractivity contribution in [2.75, 3.05) is 13.7 Å². The minimum Gasteiger partial charge on any atom is -0.383 e. The van der Waals surface area contributed by atoms with Gasteiger partial charge in [-0.1, -0.05) is 44.2 Å². The van der Waals surface area contributed by atoms with Crippen molar-refractivity contribution >= 4 is 5.91 Å². The van der Waals surface area contributed by atoms with Gasteiger partial charge in [0, 0.05) is 7.11 Å². The molecule has 1 amide bonds. The van der Waals surface area contributed by atoms with Crippen molar-refractivity contribution in [3.63, 3.8) is 0 Å². The molecule has 0 aliphatic heterocycles. The largest absolute Gasteiger partial charge is 0.383 e. The lowest BCUT2D eigenvalue weighted by molar-refractivity contribution is -0.124. The Morgan fingerprint density at radius 2 is 1.95 bits per heavy atom. The van der Waals surface area contributed by atoms with Crippen LogP contribution in [0.2, 0.25) is 0 Å². The summed E-state index contributed by atoms with van der Waals surface area (Å²) >= 11 is 0. The maximum Gasteiger partial charge on any atom is 0.239 e. The van der Waals surface area contributed by atoms with Crippen LogP contribution in [0, 0.1) is 5.92 Å². The van der Waals surface area contributed by atoms with Crippen molar-refractivity contribution in [2.45, 2.75) is 32.4 Å². The molecule has 0 aromatic heterocycles. The summed E-state index contributed by atoms with van der Waals surface area (Å²) < 4.78 is 4.91. The molecule has 1 rings (SSSR count). The second-order valence-electron chi connectivity index (χ2n) is 5.16. The van der Waals surface area contributed by atoms with Crippen LogP contribution < -0.4 is 11.1 Å². The first-order valence-corrected chi connectivity index (χ1v) is 6.64. The Balaban J connectivity index is 2.73. The van der Waals surface area contributed by atoms with Crippen molar-refractivity contribution in [2.24, 2.45) is 11.7 Å². The number of methoxy groups -OCH3 is 1. The third-order valence-corrected chi connectivity index (χ3v) is 2.91. The molecule has 4 nitrogen and oxygen atoms in total. The summed E-state index contributed by atoms with van der Waals surface area (Å²) in [7, 11) is 1.54. The molecule has 0 aliphatic rings.